The van der Waals surface area contributed by atoms with Gasteiger partial charge in [-0.3, -0.25) is 9.10 Å². The third-order valence-electron chi connectivity index (χ3n) is 4.54. The number of hydrogen-bond acceptors (Lipinski definition) is 4. The largest absolute Gasteiger partial charge is 0.271 e. The van der Waals surface area contributed by atoms with Crippen molar-refractivity contribution in [3.8, 4) is 0 Å². The van der Waals surface area contributed by atoms with E-state index in [1.807, 2.05) is 31.2 Å². The standard InChI is InChI=1S/C23H22FN3O3S/c1-17-7-9-18(10-8-17)16-27(31(2,29)30)21-13-11-19(12-14-21)23(28)26-25-15-20-5-3-4-6-22(20)24/h3-15H,16H2,1-2H3,(H,26,28)/b25-15-. The number of sulfonamides is 1. The highest BCUT2D eigenvalue weighted by Gasteiger charge is 2.18. The minimum Gasteiger partial charge on any atom is -0.267 e. The van der Waals surface area contributed by atoms with Crippen molar-refractivity contribution in [2.24, 2.45) is 5.10 Å². The zero-order valence-corrected chi connectivity index (χ0v) is 17.9. The van der Waals surface area contributed by atoms with Crippen LogP contribution in [0.25, 0.3) is 0 Å². The number of hydrazone groups is 1. The second-order valence-electron chi connectivity index (χ2n) is 7.02. The molecule has 8 heteroatoms. The van der Waals surface area contributed by atoms with Crippen molar-refractivity contribution in [3.63, 3.8) is 0 Å². The molecule has 0 aliphatic carbocycles. The Morgan fingerprint density at radius 3 is 2.29 bits per heavy atom. The molecular weight excluding hydrogens is 417 g/mol. The van der Waals surface area contributed by atoms with Gasteiger partial charge in [-0.25, -0.2) is 18.2 Å². The normalized spacial score (nSPS) is 11.5. The number of nitrogens with zero attached hydrogens (tertiary/aromatic N) is 2. The number of anilines is 1. The number of carbonyl (C=O) groups is 1. The second-order valence-corrected chi connectivity index (χ2v) is 8.93. The molecule has 3 aromatic carbocycles. The Bertz CT molecular complexity index is 1190. The average molecular weight is 440 g/mol. The van der Waals surface area contributed by atoms with Gasteiger partial charge in [0.25, 0.3) is 5.91 Å². The topological polar surface area (TPSA) is 78.8 Å². The van der Waals surface area contributed by atoms with E-state index in [0.29, 0.717) is 11.3 Å². The lowest BCUT2D eigenvalue weighted by atomic mass is 10.1. The summed E-state index contributed by atoms with van der Waals surface area (Å²) >= 11 is 0. The zero-order chi connectivity index (χ0) is 22.4. The Balaban J connectivity index is 1.72. The molecule has 31 heavy (non-hydrogen) atoms. The van der Waals surface area contributed by atoms with Crippen LogP contribution in [0, 0.1) is 12.7 Å². The molecule has 0 aliphatic heterocycles. The van der Waals surface area contributed by atoms with Gasteiger partial charge in [-0.15, -0.1) is 0 Å². The number of aryl methyl sites for hydroxylation is 1. The molecule has 0 spiro atoms. The van der Waals surface area contributed by atoms with Crippen LogP contribution < -0.4 is 9.73 Å². The van der Waals surface area contributed by atoms with E-state index in [2.05, 4.69) is 10.5 Å². The van der Waals surface area contributed by atoms with Crippen LogP contribution in [0.5, 0.6) is 0 Å². The summed E-state index contributed by atoms with van der Waals surface area (Å²) in [6.45, 7) is 2.14. The lowest BCUT2D eigenvalue weighted by Gasteiger charge is -2.22. The molecule has 160 valence electrons. The molecular formula is C23H22FN3O3S. The second kappa shape index (κ2) is 9.53. The van der Waals surface area contributed by atoms with Crippen LogP contribution in [0.1, 0.15) is 27.0 Å². The van der Waals surface area contributed by atoms with E-state index in [4.69, 9.17) is 0 Å². The molecule has 0 radical (unpaired) electrons. The molecule has 0 unspecified atom stereocenters. The monoisotopic (exact) mass is 439 g/mol. The van der Waals surface area contributed by atoms with Crippen molar-refractivity contribution in [1.29, 1.82) is 0 Å². The number of carbonyl (C=O) groups excluding carboxylic acids is 1. The molecule has 0 aromatic heterocycles. The Hall–Kier alpha value is -3.52. The van der Waals surface area contributed by atoms with E-state index < -0.39 is 21.7 Å². The molecule has 0 saturated carbocycles. The summed E-state index contributed by atoms with van der Waals surface area (Å²) < 4.78 is 39.5. The van der Waals surface area contributed by atoms with Crippen molar-refractivity contribution in [1.82, 2.24) is 5.43 Å². The van der Waals surface area contributed by atoms with Crippen LogP contribution in [0.3, 0.4) is 0 Å². The molecule has 0 fully saturated rings. The number of amides is 1. The van der Waals surface area contributed by atoms with Crippen molar-refractivity contribution in [2.75, 3.05) is 10.6 Å². The molecule has 1 amide bonds. The first-order valence-corrected chi connectivity index (χ1v) is 11.3. The molecule has 1 N–H and O–H groups in total. The zero-order valence-electron chi connectivity index (χ0n) is 17.1. The van der Waals surface area contributed by atoms with Crippen molar-refractivity contribution in [3.05, 3.63) is 101 Å². The summed E-state index contributed by atoms with van der Waals surface area (Å²) in [5, 5.41) is 3.77. The van der Waals surface area contributed by atoms with Gasteiger partial charge in [-0.2, -0.15) is 5.10 Å². The summed E-state index contributed by atoms with van der Waals surface area (Å²) in [6, 6.07) is 19.8. The maximum atomic E-state index is 13.6. The quantitative estimate of drug-likeness (QED) is 0.448. The van der Waals surface area contributed by atoms with Gasteiger partial charge in [-0.05, 0) is 42.8 Å². The highest BCUT2D eigenvalue weighted by Crippen LogP contribution is 2.21. The Morgan fingerprint density at radius 2 is 1.68 bits per heavy atom. The maximum absolute atomic E-state index is 13.6. The fourth-order valence-corrected chi connectivity index (χ4v) is 3.73. The predicted molar refractivity (Wildman–Crippen MR) is 120 cm³/mol. The highest BCUT2D eigenvalue weighted by atomic mass is 32.2. The fraction of sp³-hybridized carbons (Fsp3) is 0.130. The van der Waals surface area contributed by atoms with Crippen molar-refractivity contribution >= 4 is 27.8 Å². The highest BCUT2D eigenvalue weighted by molar-refractivity contribution is 7.92. The van der Waals surface area contributed by atoms with Gasteiger partial charge in [0.2, 0.25) is 10.0 Å². The molecule has 3 rings (SSSR count). The third kappa shape index (κ3) is 5.99. The van der Waals surface area contributed by atoms with E-state index in [0.717, 1.165) is 17.4 Å². The molecule has 0 bridgehead atoms. The summed E-state index contributed by atoms with van der Waals surface area (Å²) in [5.74, 6) is -0.942. The summed E-state index contributed by atoms with van der Waals surface area (Å²) in [4.78, 5) is 12.3. The Kier molecular flexibility index (Phi) is 6.81. The molecule has 0 atom stereocenters. The summed E-state index contributed by atoms with van der Waals surface area (Å²) in [5.41, 5.74) is 5.24. The first-order chi connectivity index (χ1) is 14.7. The van der Waals surface area contributed by atoms with E-state index in [1.165, 1.54) is 34.8 Å². The number of rotatable bonds is 7. The van der Waals surface area contributed by atoms with Gasteiger partial charge in [0.05, 0.1) is 24.7 Å². The van der Waals surface area contributed by atoms with Crippen molar-refractivity contribution in [2.45, 2.75) is 13.5 Å². The van der Waals surface area contributed by atoms with Gasteiger partial charge < -0.3 is 0 Å². The third-order valence-corrected chi connectivity index (χ3v) is 5.68. The van der Waals surface area contributed by atoms with E-state index in [1.54, 1.807) is 24.3 Å². The van der Waals surface area contributed by atoms with Crippen molar-refractivity contribution < 1.29 is 17.6 Å². The molecule has 0 aliphatic rings. The molecule has 3 aromatic rings. The van der Waals surface area contributed by atoms with Crippen LogP contribution in [0.15, 0.2) is 77.9 Å². The number of hydrogen-bond donors (Lipinski definition) is 1. The van der Waals surface area contributed by atoms with Crippen LogP contribution >= 0.6 is 0 Å². The Morgan fingerprint density at radius 1 is 1.03 bits per heavy atom. The van der Waals surface area contributed by atoms with Crippen LogP contribution in [-0.4, -0.2) is 26.8 Å². The first kappa shape index (κ1) is 22.2. The minimum atomic E-state index is -3.53. The van der Waals surface area contributed by atoms with Gasteiger partial charge in [-0.1, -0.05) is 48.0 Å². The smallest absolute Gasteiger partial charge is 0.267 e. The van der Waals surface area contributed by atoms with E-state index >= 15 is 0 Å². The molecule has 6 nitrogen and oxygen atoms in total. The Labute approximate surface area is 181 Å². The number of halogens is 1. The van der Waals surface area contributed by atoms with Crippen LogP contribution in [-0.2, 0) is 16.6 Å². The lowest BCUT2D eigenvalue weighted by Crippen LogP contribution is -2.29. The number of benzene rings is 3. The van der Waals surface area contributed by atoms with Crippen LogP contribution in [0.4, 0.5) is 10.1 Å². The van der Waals surface area contributed by atoms with Gasteiger partial charge in [0, 0.05) is 11.1 Å². The SMILES string of the molecule is Cc1ccc(CN(c2ccc(C(=O)N/N=C\c3ccccc3F)cc2)S(C)(=O)=O)cc1. The fourth-order valence-electron chi connectivity index (χ4n) is 2.84. The summed E-state index contributed by atoms with van der Waals surface area (Å²) in [7, 11) is -3.53. The van der Waals surface area contributed by atoms with Gasteiger partial charge >= 0.3 is 0 Å². The molecule has 0 heterocycles. The average Bonchev–Trinajstić information content (AvgIpc) is 2.74. The number of nitrogens with one attached hydrogen (secondary N) is 1. The molecule has 0 saturated heterocycles. The van der Waals surface area contributed by atoms with Crippen LogP contribution in [0.2, 0.25) is 0 Å². The minimum absolute atomic E-state index is 0.178. The summed E-state index contributed by atoms with van der Waals surface area (Å²) in [6.07, 6.45) is 2.35. The van der Waals surface area contributed by atoms with E-state index in [-0.39, 0.29) is 12.1 Å². The van der Waals surface area contributed by atoms with E-state index in [9.17, 15) is 17.6 Å². The van der Waals surface area contributed by atoms with Gasteiger partial charge in [0.15, 0.2) is 0 Å². The first-order valence-electron chi connectivity index (χ1n) is 9.45. The maximum Gasteiger partial charge on any atom is 0.271 e. The lowest BCUT2D eigenvalue weighted by molar-refractivity contribution is 0.0955. The predicted octanol–water partition coefficient (Wildman–Crippen LogP) is 3.86. The van der Waals surface area contributed by atoms with Gasteiger partial charge in [0.1, 0.15) is 5.82 Å².